The van der Waals surface area contributed by atoms with Gasteiger partial charge >= 0.3 is 0 Å². The van der Waals surface area contributed by atoms with Gasteiger partial charge in [-0.2, -0.15) is 0 Å². The molecular weight excluding hydrogens is 544 g/mol. The second-order valence-electron chi connectivity index (χ2n) is 12.0. The number of furan rings is 1. The van der Waals surface area contributed by atoms with Crippen LogP contribution < -0.4 is 0 Å². The first kappa shape index (κ1) is 24.5. The van der Waals surface area contributed by atoms with Gasteiger partial charge in [-0.25, -0.2) is 0 Å². The Labute approximate surface area is 259 Å². The summed E-state index contributed by atoms with van der Waals surface area (Å²) in [6.07, 6.45) is 0. The first-order valence-corrected chi connectivity index (χ1v) is 15.5. The highest BCUT2D eigenvalue weighted by Crippen LogP contribution is 2.49. The Hall–Kier alpha value is -5.92. The zero-order valence-electron chi connectivity index (χ0n) is 24.4. The zero-order valence-corrected chi connectivity index (χ0v) is 24.4. The molecule has 10 rings (SSSR count). The molecule has 0 saturated heterocycles. The molecule has 0 amide bonds. The summed E-state index contributed by atoms with van der Waals surface area (Å²) in [6.45, 7) is 0. The molecule has 1 nitrogen and oxygen atoms in total. The van der Waals surface area contributed by atoms with Gasteiger partial charge < -0.3 is 4.42 Å². The molecule has 9 aromatic carbocycles. The molecule has 0 atom stereocenters. The van der Waals surface area contributed by atoms with Crippen LogP contribution >= 0.6 is 0 Å². The van der Waals surface area contributed by atoms with E-state index >= 15 is 0 Å². The third kappa shape index (κ3) is 3.50. The van der Waals surface area contributed by atoms with E-state index in [0.29, 0.717) is 0 Å². The van der Waals surface area contributed by atoms with E-state index in [-0.39, 0.29) is 0 Å². The molecule has 1 heteroatoms. The Morgan fingerprint density at radius 2 is 0.822 bits per heavy atom. The smallest absolute Gasteiger partial charge is 0.135 e. The fourth-order valence-electron chi connectivity index (χ4n) is 7.68. The van der Waals surface area contributed by atoms with Crippen molar-refractivity contribution in [3.05, 3.63) is 158 Å². The van der Waals surface area contributed by atoms with Crippen LogP contribution in [0, 0.1) is 0 Å². The number of fused-ring (bicyclic) bond motifs is 9. The maximum absolute atomic E-state index is 6.25. The monoisotopic (exact) mass is 570 g/mol. The minimum atomic E-state index is 0.914. The number of benzene rings is 9. The van der Waals surface area contributed by atoms with Gasteiger partial charge in [0.15, 0.2) is 0 Å². The number of para-hydroxylation sites is 1. The topological polar surface area (TPSA) is 13.1 Å². The fourth-order valence-corrected chi connectivity index (χ4v) is 7.68. The van der Waals surface area contributed by atoms with Crippen LogP contribution in [0.2, 0.25) is 0 Å². The molecule has 0 spiro atoms. The van der Waals surface area contributed by atoms with Crippen LogP contribution in [0.3, 0.4) is 0 Å². The molecule has 0 aliphatic carbocycles. The summed E-state index contributed by atoms with van der Waals surface area (Å²) in [5, 5.41) is 14.9. The van der Waals surface area contributed by atoms with Crippen molar-refractivity contribution in [2.24, 2.45) is 0 Å². The average Bonchev–Trinajstić information content (AvgIpc) is 3.48. The molecule has 0 aliphatic heterocycles. The summed E-state index contributed by atoms with van der Waals surface area (Å²) >= 11 is 0. The van der Waals surface area contributed by atoms with Gasteiger partial charge in [-0.3, -0.25) is 0 Å². The minimum Gasteiger partial charge on any atom is -0.456 e. The van der Waals surface area contributed by atoms with Crippen LogP contribution in [-0.4, -0.2) is 0 Å². The highest BCUT2D eigenvalue weighted by atomic mass is 16.3. The maximum atomic E-state index is 6.25. The summed E-state index contributed by atoms with van der Waals surface area (Å²) in [5.41, 5.74) is 6.88. The molecule has 0 aliphatic rings. The van der Waals surface area contributed by atoms with E-state index in [1.165, 1.54) is 76.1 Å². The van der Waals surface area contributed by atoms with E-state index < -0.39 is 0 Å². The summed E-state index contributed by atoms with van der Waals surface area (Å²) in [4.78, 5) is 0. The molecule has 45 heavy (non-hydrogen) atoms. The van der Waals surface area contributed by atoms with Gasteiger partial charge in [0.2, 0.25) is 0 Å². The van der Waals surface area contributed by atoms with Crippen LogP contribution in [-0.2, 0) is 0 Å². The first-order chi connectivity index (χ1) is 22.3. The van der Waals surface area contributed by atoms with Crippen LogP contribution in [0.1, 0.15) is 0 Å². The Morgan fingerprint density at radius 1 is 0.289 bits per heavy atom. The van der Waals surface area contributed by atoms with Crippen molar-refractivity contribution in [3.8, 4) is 22.3 Å². The lowest BCUT2D eigenvalue weighted by Gasteiger charge is -2.21. The Morgan fingerprint density at radius 3 is 1.56 bits per heavy atom. The average molecular weight is 571 g/mol. The Bertz CT molecular complexity index is 2760. The third-order valence-electron chi connectivity index (χ3n) is 9.60. The highest BCUT2D eigenvalue weighted by Gasteiger charge is 2.22. The first-order valence-electron chi connectivity index (χ1n) is 15.5. The van der Waals surface area contributed by atoms with Crippen LogP contribution in [0.5, 0.6) is 0 Å². The van der Waals surface area contributed by atoms with Crippen LogP contribution in [0.4, 0.5) is 0 Å². The Balaban J connectivity index is 1.45. The lowest BCUT2D eigenvalue weighted by molar-refractivity contribution is 0.669. The normalized spacial score (nSPS) is 12.0. The van der Waals surface area contributed by atoms with Gasteiger partial charge in [-0.1, -0.05) is 133 Å². The predicted molar refractivity (Wildman–Crippen MR) is 192 cm³/mol. The van der Waals surface area contributed by atoms with Gasteiger partial charge in [-0.15, -0.1) is 0 Å². The molecule has 1 heterocycles. The van der Waals surface area contributed by atoms with E-state index in [1.54, 1.807) is 0 Å². The second-order valence-corrected chi connectivity index (χ2v) is 12.0. The van der Waals surface area contributed by atoms with Crippen LogP contribution in [0.15, 0.2) is 162 Å². The number of hydrogen-bond donors (Lipinski definition) is 0. The quantitative estimate of drug-likeness (QED) is 0.149. The fraction of sp³-hybridized carbons (Fsp3) is 0. The van der Waals surface area contributed by atoms with E-state index in [9.17, 15) is 0 Å². The zero-order chi connectivity index (χ0) is 29.5. The van der Waals surface area contributed by atoms with E-state index in [4.69, 9.17) is 4.42 Å². The molecule has 0 bridgehead atoms. The van der Waals surface area contributed by atoms with Crippen molar-refractivity contribution >= 4 is 75.8 Å². The van der Waals surface area contributed by atoms with E-state index in [2.05, 4.69) is 152 Å². The third-order valence-corrected chi connectivity index (χ3v) is 9.60. The molecule has 0 unspecified atom stereocenters. The maximum Gasteiger partial charge on any atom is 0.135 e. The van der Waals surface area contributed by atoms with Crippen molar-refractivity contribution in [1.82, 2.24) is 0 Å². The van der Waals surface area contributed by atoms with Crippen LogP contribution in [0.25, 0.3) is 98.1 Å². The van der Waals surface area contributed by atoms with Crippen molar-refractivity contribution in [2.75, 3.05) is 0 Å². The molecule has 208 valence electrons. The van der Waals surface area contributed by atoms with E-state index in [1.807, 2.05) is 6.07 Å². The molecule has 0 fully saturated rings. The predicted octanol–water partition coefficient (Wildman–Crippen LogP) is 12.7. The molecule has 0 N–H and O–H groups in total. The summed E-state index contributed by atoms with van der Waals surface area (Å²) in [5.74, 6) is 0. The van der Waals surface area contributed by atoms with Crippen molar-refractivity contribution in [1.29, 1.82) is 0 Å². The largest absolute Gasteiger partial charge is 0.456 e. The highest BCUT2D eigenvalue weighted by molar-refractivity contribution is 6.31. The number of rotatable bonds is 2. The Kier molecular flexibility index (Phi) is 5.06. The second kappa shape index (κ2) is 9.29. The van der Waals surface area contributed by atoms with Gasteiger partial charge in [0.1, 0.15) is 11.2 Å². The standard InChI is InChI=1S/C44H26O/c1-4-14-31-27(11-1)21-23-37-43(31)41(30-22-24-40-38(26-30)34-17-9-10-20-39(34)45-40)35-18-7-8-19-36(35)44(37)42-32-15-5-2-12-28(32)25-29-13-3-6-16-33(29)42/h1-26H. The molecular formula is C44H26O. The van der Waals surface area contributed by atoms with Gasteiger partial charge in [-0.05, 0) is 100 Å². The van der Waals surface area contributed by atoms with Gasteiger partial charge in [0, 0.05) is 10.8 Å². The summed E-state index contributed by atoms with van der Waals surface area (Å²) < 4.78 is 6.25. The summed E-state index contributed by atoms with van der Waals surface area (Å²) in [6, 6.07) is 57.5. The minimum absolute atomic E-state index is 0.914. The summed E-state index contributed by atoms with van der Waals surface area (Å²) in [7, 11) is 0. The SMILES string of the molecule is c1ccc2c(-c3c4ccccc4c(-c4ccc5oc6ccccc6c5c4)c4c3ccc3ccccc34)c3ccccc3cc2c1. The molecule has 0 radical (unpaired) electrons. The molecule has 1 aromatic heterocycles. The molecule has 10 aromatic rings. The van der Waals surface area contributed by atoms with Crippen molar-refractivity contribution in [2.45, 2.75) is 0 Å². The van der Waals surface area contributed by atoms with Crippen molar-refractivity contribution in [3.63, 3.8) is 0 Å². The van der Waals surface area contributed by atoms with Gasteiger partial charge in [0.25, 0.3) is 0 Å². The lowest BCUT2D eigenvalue weighted by Crippen LogP contribution is -1.94. The van der Waals surface area contributed by atoms with Crippen molar-refractivity contribution < 1.29 is 4.42 Å². The van der Waals surface area contributed by atoms with E-state index in [0.717, 1.165) is 21.9 Å². The molecule has 0 saturated carbocycles. The lowest BCUT2D eigenvalue weighted by atomic mass is 9.81. The van der Waals surface area contributed by atoms with Gasteiger partial charge in [0.05, 0.1) is 0 Å². The number of hydrogen-bond acceptors (Lipinski definition) is 1.